The van der Waals surface area contributed by atoms with Crippen molar-refractivity contribution in [3.8, 4) is 80.0 Å². The number of carbonyl (C=O) groups is 2. The van der Waals surface area contributed by atoms with Gasteiger partial charge in [-0.15, -0.1) is 65.7 Å². The van der Waals surface area contributed by atoms with Crippen LogP contribution in [0.15, 0.2) is 334 Å². The third-order valence-electron chi connectivity index (χ3n) is 16.1. The summed E-state index contributed by atoms with van der Waals surface area (Å²) in [5.41, 5.74) is 19.0. The second kappa shape index (κ2) is 55.8. The molecule has 646 valence electrons. The SMILES string of the molecule is CC(=O)C=C(C)O.CC(=O)C=C(C)O.Cc1cc(-c2ccccn2)[n-]n1.Cc1cc(-c2ccccn2)[n-]n1.Cn1c(-c2nc3ccccc3[n-]2)nc2ccccc21.Fc1c[c-]c(-c2ccccn2)cc1.[C-]#N.[CH-]=O.[Ir].[Ir].[Pt].[Pt].[Pt].[c-]1ccccc1-c1ccccn1.c1ccc(-c2nc3ccccc3[n-]2)nc1.c1ccc2nc(-c3nc4ccccc4[n-]3)ccc2c1. The zero-order chi connectivity index (χ0) is 85.4. The molecule has 2 radical (unpaired) electrons. The molecule has 0 unspecified atom stereocenters. The molecule has 0 aliphatic heterocycles. The number of aryl methyl sites for hydroxylation is 3. The zero-order valence-electron chi connectivity index (χ0n) is 67.8. The topological polar surface area (TPSA) is 346 Å². The molecule has 125 heavy (non-hydrogen) atoms. The number of allylic oxidation sites excluding steroid dienone is 4. The van der Waals surface area contributed by atoms with Crippen molar-refractivity contribution in [2.24, 2.45) is 7.05 Å². The number of hydrogen-bond donors (Lipinski definition) is 2. The Labute approximate surface area is 792 Å². The molecule has 0 fully saturated rings. The number of ketones is 2. The Kier molecular flexibility index (Phi) is 46.5. The van der Waals surface area contributed by atoms with Gasteiger partial charge in [0, 0.05) is 188 Å². The van der Waals surface area contributed by atoms with Crippen LogP contribution >= 0.6 is 0 Å². The minimum Gasteiger partial charge on any atom is -0.574 e. The molecular weight excluding hydrogens is 2480 g/mol. The van der Waals surface area contributed by atoms with Gasteiger partial charge in [-0.05, 0) is 176 Å². The molecule has 0 amide bonds. The van der Waals surface area contributed by atoms with Gasteiger partial charge in [-0.25, -0.2) is 9.97 Å². The fourth-order valence-corrected chi connectivity index (χ4v) is 10.9. The number of fused-ring (bicyclic) bond motifs is 5. The van der Waals surface area contributed by atoms with Crippen molar-refractivity contribution in [1.82, 2.24) is 89.8 Å². The van der Waals surface area contributed by atoms with Gasteiger partial charge in [-0.3, -0.25) is 35.7 Å². The summed E-state index contributed by atoms with van der Waals surface area (Å²) < 4.78 is 14.6. The average Bonchev–Trinajstić information content (AvgIpc) is 1.63. The molecular formula is C95H77FIr2N19O5Pt3-9. The van der Waals surface area contributed by atoms with E-state index in [0.29, 0.717) is 17.5 Å². The second-order valence-electron chi connectivity index (χ2n) is 25.3. The number of rotatable bonds is 9. The maximum Gasteiger partial charge on any atom is 0.155 e. The summed E-state index contributed by atoms with van der Waals surface area (Å²) in [6.45, 7) is 17.5. The number of pyridine rings is 6. The van der Waals surface area contributed by atoms with Crippen LogP contribution in [0.2, 0.25) is 0 Å². The van der Waals surface area contributed by atoms with Gasteiger partial charge in [-0.1, -0.05) is 175 Å². The third kappa shape index (κ3) is 33.2. The van der Waals surface area contributed by atoms with E-state index in [-0.39, 0.29) is 132 Å². The van der Waals surface area contributed by atoms with Crippen LogP contribution in [0.1, 0.15) is 39.1 Å². The Bertz CT molecular complexity index is 6200. The van der Waals surface area contributed by atoms with Gasteiger partial charge in [-0.2, -0.15) is 0 Å². The van der Waals surface area contributed by atoms with Crippen molar-refractivity contribution in [3.05, 3.63) is 370 Å². The van der Waals surface area contributed by atoms with Gasteiger partial charge in [0.05, 0.1) is 39.5 Å². The van der Waals surface area contributed by atoms with Gasteiger partial charge in [0.1, 0.15) is 5.82 Å². The van der Waals surface area contributed by atoms with Crippen molar-refractivity contribution >= 4 is 73.4 Å². The summed E-state index contributed by atoms with van der Waals surface area (Å²) in [6.07, 6.45) is 11.1. The number of imidazole rings is 4. The van der Waals surface area contributed by atoms with E-state index in [4.69, 9.17) is 26.8 Å². The van der Waals surface area contributed by atoms with Crippen LogP contribution < -0.4 is 25.1 Å². The van der Waals surface area contributed by atoms with Gasteiger partial charge in [0.25, 0.3) is 0 Å². The van der Waals surface area contributed by atoms with Gasteiger partial charge >= 0.3 is 0 Å². The zero-order valence-corrected chi connectivity index (χ0v) is 79.4. The molecule has 12 aromatic heterocycles. The molecule has 7 aromatic carbocycles. The predicted molar refractivity (Wildman–Crippen MR) is 463 cm³/mol. The average molecular weight is 2550 g/mol. The quantitative estimate of drug-likeness (QED) is 0.0586. The smallest absolute Gasteiger partial charge is 0.155 e. The Balaban J connectivity index is 0.000000296. The van der Waals surface area contributed by atoms with Crippen molar-refractivity contribution in [1.29, 1.82) is 5.26 Å². The number of aliphatic hydroxyl groups is 2. The van der Waals surface area contributed by atoms with Crippen LogP contribution in [0.4, 0.5) is 4.39 Å². The van der Waals surface area contributed by atoms with E-state index in [1.165, 1.54) is 52.0 Å². The number of aromatic nitrogens is 18. The Morgan fingerprint density at radius 1 is 0.416 bits per heavy atom. The standard InChI is InChI=1S/C16H10N3.C15H11N4.C12H8N3.C11H7FN.C11H8N.2C9H8N3.2C5H8O2.CN.CHO.2Ir.3Pt/c1-2-6-12-11(5-1)9-10-15(17-12)16-18-13-7-3-4-8-14(13)19-16;1-19-13-9-5-4-8-12(13)18-15(19)14-16-10-6-2-3-7-11(10)17-14;1-2-6-10-9(5-1)14-12(15-10)11-7-3-4-8-13-11;12-10-6-4-9(5-7-10)11-3-1-2-8-13-11;1-2-6-10(7-3-1)11-8-4-5-9-12-11;2*1-7-6-9(12-11-7)8-4-2-3-5-10-8;2*1-4(6)3-5(2)7;2*1-2;;;;;/h1-10H;2-9H,1H3;1-8H;1-4,6-8H;1-6,8-9H;2*2-6H,1H3;2*3,6H,1-2H3;;1H;;;;;/q7*-1;;;2*-1;;;;;. The minimum absolute atomic E-state index is 0. The van der Waals surface area contributed by atoms with E-state index in [1.807, 2.05) is 268 Å². The number of halogens is 1. The molecule has 0 bridgehead atoms. The molecule has 0 atom stereocenters. The first-order valence-electron chi connectivity index (χ1n) is 36.8. The first-order valence-corrected chi connectivity index (χ1v) is 36.8. The van der Waals surface area contributed by atoms with Crippen LogP contribution in [0.3, 0.4) is 0 Å². The molecule has 30 heteroatoms. The van der Waals surface area contributed by atoms with Crippen LogP contribution in [-0.2, 0) is 125 Å². The van der Waals surface area contributed by atoms with Gasteiger partial charge in [0.2, 0.25) is 0 Å². The van der Waals surface area contributed by atoms with E-state index in [1.54, 1.807) is 37.1 Å². The molecule has 0 saturated carbocycles. The monoisotopic (exact) mass is 2550 g/mol. The van der Waals surface area contributed by atoms with Gasteiger partial charge in [0.15, 0.2) is 11.6 Å². The molecule has 19 aromatic rings. The summed E-state index contributed by atoms with van der Waals surface area (Å²) in [4.78, 5) is 84.8. The van der Waals surface area contributed by atoms with E-state index in [9.17, 15) is 14.0 Å². The van der Waals surface area contributed by atoms with Crippen LogP contribution in [-0.4, -0.2) is 93.2 Å². The largest absolute Gasteiger partial charge is 0.574 e. The molecule has 0 aliphatic carbocycles. The molecule has 0 aliphatic rings. The van der Waals surface area contributed by atoms with E-state index >= 15 is 0 Å². The van der Waals surface area contributed by atoms with E-state index < -0.39 is 0 Å². The summed E-state index contributed by atoms with van der Waals surface area (Å²) in [7, 11) is 1.99. The second-order valence-corrected chi connectivity index (χ2v) is 25.3. The number of hydrogen-bond acceptors (Lipinski definition) is 18. The van der Waals surface area contributed by atoms with E-state index in [2.05, 4.69) is 122 Å². The number of para-hydroxylation sites is 9. The van der Waals surface area contributed by atoms with Crippen LogP contribution in [0.25, 0.3) is 135 Å². The maximum atomic E-state index is 12.6. The minimum atomic E-state index is -0.278. The Morgan fingerprint density at radius 3 is 1.17 bits per heavy atom. The molecule has 12 heterocycles. The van der Waals surface area contributed by atoms with E-state index in [0.717, 1.165) is 129 Å². The Morgan fingerprint density at radius 2 is 0.792 bits per heavy atom. The fraction of sp³-hybridized carbons (Fsp3) is 0.0737. The third-order valence-corrected chi connectivity index (χ3v) is 16.1. The number of aliphatic hydroxyl groups excluding tert-OH is 2. The van der Waals surface area contributed by atoms with Crippen molar-refractivity contribution in [2.45, 2.75) is 41.5 Å². The maximum absolute atomic E-state index is 12.6. The van der Waals surface area contributed by atoms with Crippen molar-refractivity contribution in [3.63, 3.8) is 0 Å². The number of benzene rings is 7. The summed E-state index contributed by atoms with van der Waals surface area (Å²) in [6, 6.07) is 94.3. The normalized spacial score (nSPS) is 9.94. The summed E-state index contributed by atoms with van der Waals surface area (Å²) in [5.74, 6) is 2.46. The van der Waals surface area contributed by atoms with Crippen LogP contribution in [0, 0.1) is 43.6 Å². The number of carbonyl (C=O) groups excluding carboxylic acids is 3. The molecule has 24 nitrogen and oxygen atoms in total. The summed E-state index contributed by atoms with van der Waals surface area (Å²) >= 11 is 0. The molecule has 0 saturated heterocycles. The van der Waals surface area contributed by atoms with Crippen LogP contribution in [0.5, 0.6) is 0 Å². The van der Waals surface area contributed by atoms with Crippen molar-refractivity contribution < 1.29 is 132 Å². The first kappa shape index (κ1) is 104. The fourth-order valence-electron chi connectivity index (χ4n) is 10.9. The Hall–Kier alpha value is -13.1. The molecule has 0 spiro atoms. The summed E-state index contributed by atoms with van der Waals surface area (Å²) in [5, 5.41) is 39.9. The number of nitrogens with zero attached hydrogens (tertiary/aromatic N) is 19. The predicted octanol–water partition coefficient (Wildman–Crippen LogP) is 18.3. The molecule has 2 N–H and O–H groups in total. The molecule has 19 rings (SSSR count). The van der Waals surface area contributed by atoms with Crippen molar-refractivity contribution in [2.75, 3.05) is 0 Å². The van der Waals surface area contributed by atoms with Gasteiger partial charge < -0.3 is 91.7 Å². The first-order chi connectivity index (χ1) is 58.5.